The molecule has 6 nitrogen and oxygen atoms in total. The van der Waals surface area contributed by atoms with Crippen LogP contribution in [0.4, 0.5) is 0 Å². The molecule has 0 N–H and O–H groups in total. The zero-order chi connectivity index (χ0) is 17.7. The number of rotatable bonds is 5. The molecule has 1 aliphatic carbocycles. The molecule has 0 amide bonds. The lowest BCUT2D eigenvalue weighted by Gasteiger charge is -2.15. The van der Waals surface area contributed by atoms with Crippen LogP contribution in [0.3, 0.4) is 0 Å². The molecule has 0 radical (unpaired) electrons. The summed E-state index contributed by atoms with van der Waals surface area (Å²) in [6, 6.07) is 6.10. The monoisotopic (exact) mass is 347 g/mol. The van der Waals surface area contributed by atoms with E-state index in [-0.39, 0.29) is 5.78 Å². The average Bonchev–Trinajstić information content (AvgIpc) is 3.01. The van der Waals surface area contributed by atoms with E-state index in [9.17, 15) is 4.79 Å². The number of aryl methyl sites for hydroxylation is 1. The van der Waals surface area contributed by atoms with Gasteiger partial charge in [-0.3, -0.25) is 14.4 Å². The summed E-state index contributed by atoms with van der Waals surface area (Å²) < 4.78 is 1.78. The van der Waals surface area contributed by atoms with E-state index in [2.05, 4.69) is 20.0 Å². The van der Waals surface area contributed by atoms with Crippen LogP contribution in [0, 0.1) is 11.8 Å². The number of hydrogen-bond acceptors (Lipinski definition) is 5. The molecule has 5 rings (SSSR count). The van der Waals surface area contributed by atoms with Crippen molar-refractivity contribution in [2.75, 3.05) is 19.6 Å². The average molecular weight is 347 g/mol. The number of hydrogen-bond donors (Lipinski definition) is 0. The van der Waals surface area contributed by atoms with Crippen LogP contribution in [0.1, 0.15) is 12.2 Å². The van der Waals surface area contributed by atoms with Gasteiger partial charge in [0.25, 0.3) is 0 Å². The van der Waals surface area contributed by atoms with Crippen molar-refractivity contribution in [1.82, 2.24) is 24.6 Å². The Morgan fingerprint density at radius 3 is 2.81 bits per heavy atom. The molecule has 6 heteroatoms. The first-order valence-electron chi connectivity index (χ1n) is 9.13. The van der Waals surface area contributed by atoms with Crippen LogP contribution in [-0.4, -0.2) is 50.1 Å². The number of nitrogens with zero attached hydrogens (tertiary/aromatic N) is 5. The minimum absolute atomic E-state index is 0.203. The Labute approximate surface area is 151 Å². The van der Waals surface area contributed by atoms with Crippen molar-refractivity contribution in [3.05, 3.63) is 42.6 Å². The van der Waals surface area contributed by atoms with Crippen LogP contribution < -0.4 is 0 Å². The predicted molar refractivity (Wildman–Crippen MR) is 98.5 cm³/mol. The van der Waals surface area contributed by atoms with E-state index in [1.807, 2.05) is 43.8 Å². The molecular weight excluding hydrogens is 326 g/mol. The van der Waals surface area contributed by atoms with Crippen LogP contribution in [0.2, 0.25) is 0 Å². The van der Waals surface area contributed by atoms with Gasteiger partial charge in [0.05, 0.1) is 24.7 Å². The SMILES string of the molecule is Cn1cc(-c2ccc3cnc(CC(=O)CN4CC5CC5C4)nc3c2)cn1. The molecule has 1 saturated heterocycles. The highest BCUT2D eigenvalue weighted by molar-refractivity contribution is 5.85. The van der Waals surface area contributed by atoms with Gasteiger partial charge >= 0.3 is 0 Å². The van der Waals surface area contributed by atoms with Crippen LogP contribution in [0.25, 0.3) is 22.0 Å². The third-order valence-electron chi connectivity index (χ3n) is 5.48. The smallest absolute Gasteiger partial charge is 0.154 e. The number of aromatic nitrogens is 4. The number of Topliss-reactive ketones (excluding diaryl/α,β-unsaturated/α-hetero) is 1. The zero-order valence-corrected chi connectivity index (χ0v) is 14.8. The van der Waals surface area contributed by atoms with Gasteiger partial charge < -0.3 is 0 Å². The van der Waals surface area contributed by atoms with Gasteiger partial charge in [-0.1, -0.05) is 12.1 Å². The first kappa shape index (κ1) is 15.6. The summed E-state index contributed by atoms with van der Waals surface area (Å²) in [7, 11) is 1.90. The summed E-state index contributed by atoms with van der Waals surface area (Å²) in [5.74, 6) is 2.51. The van der Waals surface area contributed by atoms with Gasteiger partial charge in [0.2, 0.25) is 0 Å². The summed E-state index contributed by atoms with van der Waals surface area (Å²) in [6.07, 6.45) is 7.29. The lowest BCUT2D eigenvalue weighted by Crippen LogP contribution is -2.30. The molecule has 2 aromatic heterocycles. The fraction of sp³-hybridized carbons (Fsp3) is 0.400. The van der Waals surface area contributed by atoms with Crippen molar-refractivity contribution in [2.45, 2.75) is 12.8 Å². The first-order chi connectivity index (χ1) is 12.6. The van der Waals surface area contributed by atoms with Crippen LogP contribution >= 0.6 is 0 Å². The van der Waals surface area contributed by atoms with Crippen LogP contribution in [-0.2, 0) is 18.3 Å². The largest absolute Gasteiger partial charge is 0.298 e. The van der Waals surface area contributed by atoms with E-state index >= 15 is 0 Å². The minimum atomic E-state index is 0.203. The summed E-state index contributed by atoms with van der Waals surface area (Å²) in [6.45, 7) is 2.71. The van der Waals surface area contributed by atoms with Gasteiger partial charge in [-0.05, 0) is 29.9 Å². The second-order valence-corrected chi connectivity index (χ2v) is 7.63. The summed E-state index contributed by atoms with van der Waals surface area (Å²) in [5.41, 5.74) is 2.99. The predicted octanol–water partition coefficient (Wildman–Crippen LogP) is 2.09. The molecule has 1 saturated carbocycles. The number of carbonyl (C=O) groups is 1. The van der Waals surface area contributed by atoms with Crippen LogP contribution in [0.15, 0.2) is 36.8 Å². The van der Waals surface area contributed by atoms with Gasteiger partial charge in [0.1, 0.15) is 5.82 Å². The molecule has 2 fully saturated rings. The molecule has 3 heterocycles. The lowest BCUT2D eigenvalue weighted by molar-refractivity contribution is -0.119. The fourth-order valence-electron chi connectivity index (χ4n) is 4.00. The van der Waals surface area contributed by atoms with Gasteiger partial charge in [-0.25, -0.2) is 9.97 Å². The Balaban J connectivity index is 1.33. The normalized spacial score (nSPS) is 21.9. The molecule has 26 heavy (non-hydrogen) atoms. The van der Waals surface area contributed by atoms with Gasteiger partial charge in [-0.15, -0.1) is 0 Å². The molecule has 3 aromatic rings. The molecule has 1 aliphatic heterocycles. The quantitative estimate of drug-likeness (QED) is 0.707. The highest BCUT2D eigenvalue weighted by Crippen LogP contribution is 2.44. The maximum absolute atomic E-state index is 12.4. The molecule has 0 bridgehead atoms. The van der Waals surface area contributed by atoms with E-state index in [1.165, 1.54) is 6.42 Å². The molecule has 2 aliphatic rings. The number of likely N-dealkylation sites (tertiary alicyclic amines) is 1. The Hall–Kier alpha value is -2.60. The third-order valence-corrected chi connectivity index (χ3v) is 5.48. The van der Waals surface area contributed by atoms with E-state index < -0.39 is 0 Å². The number of carbonyl (C=O) groups excluding carboxylic acids is 1. The Kier molecular flexibility index (Phi) is 3.60. The number of ketones is 1. The zero-order valence-electron chi connectivity index (χ0n) is 14.8. The first-order valence-corrected chi connectivity index (χ1v) is 9.13. The molecule has 132 valence electrons. The number of fused-ring (bicyclic) bond motifs is 2. The molecule has 0 spiro atoms. The molecule has 1 aromatic carbocycles. The van der Waals surface area contributed by atoms with Gasteiger partial charge in [0.15, 0.2) is 5.78 Å². The number of piperidine rings is 1. The highest BCUT2D eigenvalue weighted by atomic mass is 16.1. The van der Waals surface area contributed by atoms with Crippen molar-refractivity contribution >= 4 is 16.7 Å². The van der Waals surface area contributed by atoms with Crippen molar-refractivity contribution in [3.63, 3.8) is 0 Å². The summed E-state index contributed by atoms with van der Waals surface area (Å²) in [5, 5.41) is 5.20. The lowest BCUT2D eigenvalue weighted by atomic mass is 10.1. The molecular formula is C20H21N5O. The topological polar surface area (TPSA) is 63.9 Å². The highest BCUT2D eigenvalue weighted by Gasteiger charge is 2.45. The maximum atomic E-state index is 12.4. The van der Waals surface area contributed by atoms with Gasteiger partial charge in [-0.2, -0.15) is 5.10 Å². The van der Waals surface area contributed by atoms with E-state index in [0.29, 0.717) is 18.8 Å². The van der Waals surface area contributed by atoms with Crippen molar-refractivity contribution < 1.29 is 4.79 Å². The second-order valence-electron chi connectivity index (χ2n) is 7.63. The Morgan fingerprint density at radius 1 is 1.19 bits per heavy atom. The second kappa shape index (κ2) is 5.99. The summed E-state index contributed by atoms with van der Waals surface area (Å²) >= 11 is 0. The van der Waals surface area contributed by atoms with Gasteiger partial charge in [0, 0.05) is 43.5 Å². The fourth-order valence-corrected chi connectivity index (χ4v) is 4.00. The van der Waals surface area contributed by atoms with Crippen molar-refractivity contribution in [2.24, 2.45) is 18.9 Å². The molecule has 2 unspecified atom stereocenters. The molecule has 2 atom stereocenters. The van der Waals surface area contributed by atoms with E-state index in [0.717, 1.165) is 47.0 Å². The third kappa shape index (κ3) is 3.01. The van der Waals surface area contributed by atoms with E-state index in [4.69, 9.17) is 0 Å². The number of benzene rings is 1. The maximum Gasteiger partial charge on any atom is 0.154 e. The van der Waals surface area contributed by atoms with Crippen molar-refractivity contribution in [1.29, 1.82) is 0 Å². The Morgan fingerprint density at radius 2 is 2.04 bits per heavy atom. The van der Waals surface area contributed by atoms with Crippen LogP contribution in [0.5, 0.6) is 0 Å². The van der Waals surface area contributed by atoms with Crippen molar-refractivity contribution in [3.8, 4) is 11.1 Å². The Bertz CT molecular complexity index is 985. The summed E-state index contributed by atoms with van der Waals surface area (Å²) in [4.78, 5) is 23.7. The van der Waals surface area contributed by atoms with E-state index in [1.54, 1.807) is 4.68 Å². The standard InChI is InChI=1S/C20H21N5O/c1-24-9-17(8-22-24)13-2-3-14-7-21-20(23-19(14)5-13)6-18(26)12-25-10-15-4-16(15)11-25/h2-3,5,7-9,15-16H,4,6,10-12H2,1H3. The minimum Gasteiger partial charge on any atom is -0.298 e.